The molecule has 1 amide bonds. The molecule has 4 nitrogen and oxygen atoms in total. The molecule has 0 aromatic rings. The van der Waals surface area contributed by atoms with Crippen LogP contribution in [-0.4, -0.2) is 35.2 Å². The van der Waals surface area contributed by atoms with E-state index < -0.39 is 0 Å². The zero-order valence-electron chi connectivity index (χ0n) is 8.61. The minimum absolute atomic E-state index is 0.0469. The predicted octanol–water partition coefficient (Wildman–Crippen LogP) is 0.520. The van der Waals surface area contributed by atoms with E-state index in [1.807, 2.05) is 6.07 Å². The number of hydrogen-bond acceptors (Lipinski definition) is 4. The third-order valence-corrected chi connectivity index (χ3v) is 3.38. The van der Waals surface area contributed by atoms with Crippen molar-refractivity contribution >= 4 is 17.7 Å². The summed E-state index contributed by atoms with van der Waals surface area (Å²) in [6, 6.07) is 1.97. The van der Waals surface area contributed by atoms with E-state index in [1.54, 1.807) is 0 Å². The SMILES string of the molecule is N#CCSCC(=O)NCC1CCCC1O. The number of thioether (sulfide) groups is 1. The summed E-state index contributed by atoms with van der Waals surface area (Å²) in [5.74, 6) is 0.847. The number of nitrogens with zero attached hydrogens (tertiary/aromatic N) is 1. The zero-order chi connectivity index (χ0) is 11.1. The van der Waals surface area contributed by atoms with Crippen LogP contribution in [0.3, 0.4) is 0 Å². The average molecular weight is 228 g/mol. The maximum Gasteiger partial charge on any atom is 0.230 e. The summed E-state index contributed by atoms with van der Waals surface area (Å²) in [6.45, 7) is 0.563. The second kappa shape index (κ2) is 6.70. The average Bonchev–Trinajstić information content (AvgIpc) is 2.61. The molecule has 1 aliphatic rings. The molecule has 0 bridgehead atoms. The molecule has 0 saturated heterocycles. The summed E-state index contributed by atoms with van der Waals surface area (Å²) in [5.41, 5.74) is 0. The topological polar surface area (TPSA) is 73.1 Å². The number of nitrogens with one attached hydrogen (secondary N) is 1. The van der Waals surface area contributed by atoms with Crippen LogP contribution < -0.4 is 5.32 Å². The summed E-state index contributed by atoms with van der Waals surface area (Å²) < 4.78 is 0. The van der Waals surface area contributed by atoms with E-state index in [9.17, 15) is 9.90 Å². The van der Waals surface area contributed by atoms with Gasteiger partial charge in [0.05, 0.1) is 23.7 Å². The zero-order valence-corrected chi connectivity index (χ0v) is 9.42. The van der Waals surface area contributed by atoms with Crippen molar-refractivity contribution in [2.24, 2.45) is 5.92 Å². The van der Waals surface area contributed by atoms with E-state index in [-0.39, 0.29) is 17.9 Å². The number of carbonyl (C=O) groups is 1. The fourth-order valence-corrected chi connectivity index (χ4v) is 2.22. The summed E-state index contributed by atoms with van der Waals surface area (Å²) in [5, 5.41) is 20.6. The Balaban J connectivity index is 2.08. The van der Waals surface area contributed by atoms with E-state index in [4.69, 9.17) is 5.26 Å². The molecule has 5 heteroatoms. The second-order valence-corrected chi connectivity index (χ2v) is 4.70. The van der Waals surface area contributed by atoms with Gasteiger partial charge in [0.25, 0.3) is 0 Å². The Bertz CT molecular complexity index is 252. The van der Waals surface area contributed by atoms with Crippen molar-refractivity contribution < 1.29 is 9.90 Å². The Labute approximate surface area is 94.0 Å². The number of nitriles is 1. The van der Waals surface area contributed by atoms with E-state index in [0.29, 0.717) is 18.1 Å². The van der Waals surface area contributed by atoms with E-state index in [0.717, 1.165) is 19.3 Å². The van der Waals surface area contributed by atoms with Crippen LogP contribution in [0.5, 0.6) is 0 Å². The quantitative estimate of drug-likeness (QED) is 0.673. The van der Waals surface area contributed by atoms with Crippen LogP contribution in [0.2, 0.25) is 0 Å². The lowest BCUT2D eigenvalue weighted by molar-refractivity contribution is -0.118. The molecule has 15 heavy (non-hydrogen) atoms. The third-order valence-electron chi connectivity index (χ3n) is 2.58. The molecule has 1 aliphatic carbocycles. The van der Waals surface area contributed by atoms with Gasteiger partial charge in [0.2, 0.25) is 5.91 Å². The monoisotopic (exact) mass is 228 g/mol. The first kappa shape index (κ1) is 12.3. The first-order chi connectivity index (χ1) is 7.24. The number of carbonyl (C=O) groups excluding carboxylic acids is 1. The molecular weight excluding hydrogens is 212 g/mol. The van der Waals surface area contributed by atoms with E-state index >= 15 is 0 Å². The Hall–Kier alpha value is -0.730. The largest absolute Gasteiger partial charge is 0.393 e. The minimum atomic E-state index is -0.253. The molecule has 0 heterocycles. The maximum atomic E-state index is 11.3. The number of aliphatic hydroxyl groups is 1. The minimum Gasteiger partial charge on any atom is -0.393 e. The van der Waals surface area contributed by atoms with Gasteiger partial charge in [-0.2, -0.15) is 5.26 Å². The van der Waals surface area contributed by atoms with Crippen LogP contribution >= 0.6 is 11.8 Å². The molecular formula is C10H16N2O2S. The fraction of sp³-hybridized carbons (Fsp3) is 0.800. The van der Waals surface area contributed by atoms with Crippen LogP contribution in [0.25, 0.3) is 0 Å². The Morgan fingerprint density at radius 2 is 2.40 bits per heavy atom. The second-order valence-electron chi connectivity index (χ2n) is 3.71. The highest BCUT2D eigenvalue weighted by Crippen LogP contribution is 2.24. The van der Waals surface area contributed by atoms with Gasteiger partial charge in [-0.15, -0.1) is 11.8 Å². The van der Waals surface area contributed by atoms with E-state index in [1.165, 1.54) is 11.8 Å². The molecule has 84 valence electrons. The summed E-state index contributed by atoms with van der Waals surface area (Å²) in [6.07, 6.45) is 2.64. The van der Waals surface area contributed by atoms with Crippen molar-refractivity contribution in [3.05, 3.63) is 0 Å². The van der Waals surface area contributed by atoms with Crippen LogP contribution in [0, 0.1) is 17.2 Å². The Morgan fingerprint density at radius 3 is 3.00 bits per heavy atom. The van der Waals surface area contributed by atoms with Gasteiger partial charge in [0.1, 0.15) is 0 Å². The number of amides is 1. The lowest BCUT2D eigenvalue weighted by atomic mass is 10.1. The molecule has 0 aromatic heterocycles. The lowest BCUT2D eigenvalue weighted by Crippen LogP contribution is -2.33. The molecule has 0 aromatic carbocycles. The van der Waals surface area contributed by atoms with E-state index in [2.05, 4.69) is 5.32 Å². The fourth-order valence-electron chi connectivity index (χ4n) is 1.74. The molecule has 2 atom stereocenters. The summed E-state index contributed by atoms with van der Waals surface area (Å²) >= 11 is 1.31. The summed E-state index contributed by atoms with van der Waals surface area (Å²) in [7, 11) is 0. The van der Waals surface area contributed by atoms with Gasteiger partial charge in [-0.05, 0) is 12.8 Å². The standard InChI is InChI=1S/C10H16N2O2S/c11-4-5-15-7-10(14)12-6-8-2-1-3-9(8)13/h8-9,13H,1-3,5-7H2,(H,12,14). The lowest BCUT2D eigenvalue weighted by Gasteiger charge is -2.14. The van der Waals surface area contributed by atoms with Crippen LogP contribution in [-0.2, 0) is 4.79 Å². The van der Waals surface area contributed by atoms with Gasteiger partial charge in [0.15, 0.2) is 0 Å². The highest BCUT2D eigenvalue weighted by Gasteiger charge is 2.25. The molecule has 1 rings (SSSR count). The van der Waals surface area contributed by atoms with Gasteiger partial charge in [-0.25, -0.2) is 0 Å². The van der Waals surface area contributed by atoms with Crippen LogP contribution in [0.4, 0.5) is 0 Å². The van der Waals surface area contributed by atoms with Crippen molar-refractivity contribution in [3.63, 3.8) is 0 Å². The molecule has 1 saturated carbocycles. The van der Waals surface area contributed by atoms with Gasteiger partial charge in [-0.3, -0.25) is 4.79 Å². The molecule has 1 fully saturated rings. The van der Waals surface area contributed by atoms with Crippen molar-refractivity contribution in [1.82, 2.24) is 5.32 Å². The molecule has 2 N–H and O–H groups in total. The number of rotatable bonds is 5. The molecule has 2 unspecified atom stereocenters. The molecule has 0 spiro atoms. The molecule has 0 aliphatic heterocycles. The first-order valence-electron chi connectivity index (χ1n) is 5.13. The van der Waals surface area contributed by atoms with Crippen LogP contribution in [0.15, 0.2) is 0 Å². The smallest absolute Gasteiger partial charge is 0.230 e. The van der Waals surface area contributed by atoms with Gasteiger partial charge < -0.3 is 10.4 Å². The van der Waals surface area contributed by atoms with Crippen molar-refractivity contribution in [3.8, 4) is 6.07 Å². The van der Waals surface area contributed by atoms with Crippen molar-refractivity contribution in [1.29, 1.82) is 5.26 Å². The number of hydrogen-bond donors (Lipinski definition) is 2. The Morgan fingerprint density at radius 1 is 1.60 bits per heavy atom. The normalized spacial score (nSPS) is 24.8. The highest BCUT2D eigenvalue weighted by molar-refractivity contribution is 8.00. The first-order valence-corrected chi connectivity index (χ1v) is 6.29. The van der Waals surface area contributed by atoms with Gasteiger partial charge in [-0.1, -0.05) is 6.42 Å². The van der Waals surface area contributed by atoms with Gasteiger partial charge >= 0.3 is 0 Å². The Kier molecular flexibility index (Phi) is 5.51. The van der Waals surface area contributed by atoms with Crippen molar-refractivity contribution in [2.75, 3.05) is 18.1 Å². The molecule has 0 radical (unpaired) electrons. The summed E-state index contributed by atoms with van der Waals surface area (Å²) in [4.78, 5) is 11.3. The number of aliphatic hydroxyl groups excluding tert-OH is 1. The highest BCUT2D eigenvalue weighted by atomic mass is 32.2. The predicted molar refractivity (Wildman–Crippen MR) is 59.3 cm³/mol. The van der Waals surface area contributed by atoms with Gasteiger partial charge in [0, 0.05) is 12.5 Å². The maximum absolute atomic E-state index is 11.3. The third kappa shape index (κ3) is 4.54. The van der Waals surface area contributed by atoms with Crippen molar-refractivity contribution in [2.45, 2.75) is 25.4 Å². The van der Waals surface area contributed by atoms with Crippen LogP contribution in [0.1, 0.15) is 19.3 Å².